The quantitative estimate of drug-likeness (QED) is 0.836. The molecule has 4 unspecified atom stereocenters. The predicted molar refractivity (Wildman–Crippen MR) is 88.5 cm³/mol. The third kappa shape index (κ3) is 2.87. The average Bonchev–Trinajstić information content (AvgIpc) is 2.81. The van der Waals surface area contributed by atoms with Crippen molar-refractivity contribution in [2.75, 3.05) is 0 Å². The van der Waals surface area contributed by atoms with Gasteiger partial charge in [-0.15, -0.1) is 0 Å². The zero-order valence-electron chi connectivity index (χ0n) is 13.6. The minimum atomic E-state index is 0.281. The largest absolute Gasteiger partial charge is 0.459 e. The zero-order valence-corrected chi connectivity index (χ0v) is 13.6. The molecule has 0 spiro atoms. The number of aryl methyl sites for hydroxylation is 1. The lowest BCUT2D eigenvalue weighted by molar-refractivity contribution is 0.213. The van der Waals surface area contributed by atoms with Crippen LogP contribution in [0.4, 0.5) is 0 Å². The minimum Gasteiger partial charge on any atom is -0.459 e. The monoisotopic (exact) mass is 285 g/mol. The van der Waals surface area contributed by atoms with Crippen LogP contribution in [-0.2, 0) is 0 Å². The lowest BCUT2D eigenvalue weighted by Gasteiger charge is -2.34. The van der Waals surface area contributed by atoms with E-state index in [-0.39, 0.29) is 6.04 Å². The van der Waals surface area contributed by atoms with Crippen LogP contribution in [0.15, 0.2) is 28.7 Å². The molecule has 0 radical (unpaired) electrons. The molecule has 2 aromatic rings. The maximum Gasteiger partial charge on any atom is 0.134 e. The Kier molecular flexibility index (Phi) is 4.08. The fourth-order valence-electron chi connectivity index (χ4n) is 3.73. The Morgan fingerprint density at radius 1 is 1.14 bits per heavy atom. The molecule has 3 rings (SSSR count). The van der Waals surface area contributed by atoms with Crippen molar-refractivity contribution >= 4 is 11.0 Å². The molecule has 2 heteroatoms. The Labute approximate surface area is 127 Å². The van der Waals surface area contributed by atoms with Gasteiger partial charge in [0, 0.05) is 11.4 Å². The topological polar surface area (TPSA) is 25.2 Å². The van der Waals surface area contributed by atoms with Crippen molar-refractivity contribution in [3.63, 3.8) is 0 Å². The van der Waals surface area contributed by atoms with Gasteiger partial charge in [-0.3, -0.25) is 0 Å². The number of nitrogens with one attached hydrogen (secondary N) is 1. The van der Waals surface area contributed by atoms with Crippen LogP contribution in [0.1, 0.15) is 57.4 Å². The highest BCUT2D eigenvalue weighted by molar-refractivity contribution is 5.82. The van der Waals surface area contributed by atoms with Gasteiger partial charge in [-0.2, -0.15) is 0 Å². The minimum absolute atomic E-state index is 0.281. The highest BCUT2D eigenvalue weighted by Crippen LogP contribution is 2.33. The Hall–Kier alpha value is -1.28. The summed E-state index contributed by atoms with van der Waals surface area (Å²) in [6, 6.07) is 9.23. The SMILES string of the molecule is Cc1c(C(C)NC2CCC(C)C(C)C2)oc2ccccc12. The molecular weight excluding hydrogens is 258 g/mol. The van der Waals surface area contributed by atoms with Gasteiger partial charge in [-0.25, -0.2) is 0 Å². The van der Waals surface area contributed by atoms with Crippen LogP contribution >= 0.6 is 0 Å². The van der Waals surface area contributed by atoms with Gasteiger partial charge in [-0.1, -0.05) is 32.0 Å². The molecule has 0 aliphatic heterocycles. The number of para-hydroxylation sites is 1. The van der Waals surface area contributed by atoms with Crippen LogP contribution in [-0.4, -0.2) is 6.04 Å². The van der Waals surface area contributed by atoms with Gasteiger partial charge in [0.2, 0.25) is 0 Å². The fourth-order valence-corrected chi connectivity index (χ4v) is 3.73. The molecule has 0 saturated heterocycles. The molecule has 0 bridgehead atoms. The van der Waals surface area contributed by atoms with Crippen molar-refractivity contribution in [2.24, 2.45) is 11.8 Å². The summed E-state index contributed by atoms with van der Waals surface area (Å²) in [5.41, 5.74) is 2.28. The molecule has 1 aromatic carbocycles. The molecule has 4 atom stereocenters. The second-order valence-electron chi connectivity index (χ2n) is 6.94. The number of fused-ring (bicyclic) bond motifs is 1. The number of hydrogen-bond acceptors (Lipinski definition) is 2. The molecule has 21 heavy (non-hydrogen) atoms. The van der Waals surface area contributed by atoms with Crippen molar-refractivity contribution in [1.82, 2.24) is 5.32 Å². The Bertz CT molecular complexity index is 615. The third-order valence-electron chi connectivity index (χ3n) is 5.36. The Morgan fingerprint density at radius 2 is 1.90 bits per heavy atom. The van der Waals surface area contributed by atoms with Crippen molar-refractivity contribution < 1.29 is 4.42 Å². The molecule has 0 amide bonds. The van der Waals surface area contributed by atoms with E-state index in [4.69, 9.17) is 4.42 Å². The van der Waals surface area contributed by atoms with Gasteiger partial charge in [0.25, 0.3) is 0 Å². The highest BCUT2D eigenvalue weighted by Gasteiger charge is 2.26. The number of furan rings is 1. The second-order valence-corrected chi connectivity index (χ2v) is 6.94. The standard InChI is InChI=1S/C19H27NO/c1-12-9-10-16(11-13(12)2)20-15(4)19-14(3)17-7-5-6-8-18(17)21-19/h5-8,12-13,15-16,20H,9-11H2,1-4H3. The third-order valence-corrected chi connectivity index (χ3v) is 5.36. The van der Waals surface area contributed by atoms with E-state index in [0.29, 0.717) is 6.04 Å². The smallest absolute Gasteiger partial charge is 0.134 e. The van der Waals surface area contributed by atoms with E-state index in [1.807, 2.05) is 6.07 Å². The summed E-state index contributed by atoms with van der Waals surface area (Å²) in [7, 11) is 0. The van der Waals surface area contributed by atoms with Crippen LogP contribution < -0.4 is 5.32 Å². The van der Waals surface area contributed by atoms with Crippen molar-refractivity contribution in [3.05, 3.63) is 35.6 Å². The van der Waals surface area contributed by atoms with Crippen LogP contribution in [0, 0.1) is 18.8 Å². The molecule has 2 nitrogen and oxygen atoms in total. The summed E-state index contributed by atoms with van der Waals surface area (Å²) in [4.78, 5) is 0. The van der Waals surface area contributed by atoms with Crippen LogP contribution in [0.5, 0.6) is 0 Å². The molecule has 1 saturated carbocycles. The summed E-state index contributed by atoms with van der Waals surface area (Å²) in [6.45, 7) is 9.17. The summed E-state index contributed by atoms with van der Waals surface area (Å²) in [5, 5.41) is 5.04. The molecule has 1 heterocycles. The summed E-state index contributed by atoms with van der Waals surface area (Å²) in [6.07, 6.45) is 3.91. The number of rotatable bonds is 3. The maximum absolute atomic E-state index is 6.09. The average molecular weight is 285 g/mol. The first-order valence-corrected chi connectivity index (χ1v) is 8.30. The van der Waals surface area contributed by atoms with E-state index in [1.165, 1.54) is 30.2 Å². The number of hydrogen-bond donors (Lipinski definition) is 1. The van der Waals surface area contributed by atoms with Gasteiger partial charge in [0.15, 0.2) is 0 Å². The lowest BCUT2D eigenvalue weighted by atomic mass is 9.79. The molecule has 1 fully saturated rings. The predicted octanol–water partition coefficient (Wildman–Crippen LogP) is 5.22. The maximum atomic E-state index is 6.09. The number of benzene rings is 1. The first-order chi connectivity index (χ1) is 10.1. The molecule has 1 N–H and O–H groups in total. The van der Waals surface area contributed by atoms with Crippen molar-refractivity contribution in [2.45, 2.75) is 59.0 Å². The summed E-state index contributed by atoms with van der Waals surface area (Å²) in [5.74, 6) is 2.79. The molecular formula is C19H27NO. The molecule has 1 aliphatic carbocycles. The Balaban J connectivity index is 1.75. The zero-order chi connectivity index (χ0) is 15.0. The van der Waals surface area contributed by atoms with Gasteiger partial charge in [0.05, 0.1) is 6.04 Å². The van der Waals surface area contributed by atoms with Gasteiger partial charge in [0.1, 0.15) is 11.3 Å². The van der Waals surface area contributed by atoms with E-state index in [1.54, 1.807) is 0 Å². The Morgan fingerprint density at radius 3 is 2.62 bits per heavy atom. The van der Waals surface area contributed by atoms with E-state index >= 15 is 0 Å². The van der Waals surface area contributed by atoms with Crippen LogP contribution in [0.2, 0.25) is 0 Å². The first-order valence-electron chi connectivity index (χ1n) is 8.30. The van der Waals surface area contributed by atoms with Crippen molar-refractivity contribution in [3.8, 4) is 0 Å². The highest BCUT2D eigenvalue weighted by atomic mass is 16.3. The summed E-state index contributed by atoms with van der Waals surface area (Å²) >= 11 is 0. The normalized spacial score (nSPS) is 27.9. The van der Waals surface area contributed by atoms with E-state index in [9.17, 15) is 0 Å². The van der Waals surface area contributed by atoms with E-state index in [0.717, 1.165) is 23.2 Å². The van der Waals surface area contributed by atoms with Crippen LogP contribution in [0.25, 0.3) is 11.0 Å². The molecule has 1 aliphatic rings. The first kappa shape index (κ1) is 14.6. The van der Waals surface area contributed by atoms with E-state index in [2.05, 4.69) is 51.2 Å². The van der Waals surface area contributed by atoms with Gasteiger partial charge < -0.3 is 9.73 Å². The summed E-state index contributed by atoms with van der Waals surface area (Å²) < 4.78 is 6.09. The van der Waals surface area contributed by atoms with Gasteiger partial charge >= 0.3 is 0 Å². The van der Waals surface area contributed by atoms with Crippen LogP contribution in [0.3, 0.4) is 0 Å². The fraction of sp³-hybridized carbons (Fsp3) is 0.579. The van der Waals surface area contributed by atoms with Gasteiger partial charge in [-0.05, 0) is 56.6 Å². The second kappa shape index (κ2) is 5.84. The van der Waals surface area contributed by atoms with Crippen molar-refractivity contribution in [1.29, 1.82) is 0 Å². The lowest BCUT2D eigenvalue weighted by Crippen LogP contribution is -2.37. The molecule has 1 aromatic heterocycles. The molecule has 114 valence electrons. The van der Waals surface area contributed by atoms with E-state index < -0.39 is 0 Å².